The normalized spacial score (nSPS) is 12.5. The number of H-pyrrole nitrogens is 1. The number of hydrogen-bond acceptors (Lipinski definition) is 5. The van der Waals surface area contributed by atoms with Gasteiger partial charge in [0.25, 0.3) is 0 Å². The first-order valence-electron chi connectivity index (χ1n) is 5.81. The number of aryl methyl sites for hydroxylation is 1. The van der Waals surface area contributed by atoms with E-state index >= 15 is 0 Å². The SMILES string of the molecule is Cc1[nH]ncc1CNS(=O)(=O)c1cccc(S(N)(=O)=O)c1. The van der Waals surface area contributed by atoms with Crippen molar-refractivity contribution in [3.05, 3.63) is 41.7 Å². The van der Waals surface area contributed by atoms with E-state index in [0.29, 0.717) is 5.56 Å². The molecule has 4 N–H and O–H groups in total. The highest BCUT2D eigenvalue weighted by molar-refractivity contribution is 7.90. The van der Waals surface area contributed by atoms with Crippen LogP contribution in [0.15, 0.2) is 40.3 Å². The fourth-order valence-corrected chi connectivity index (χ4v) is 3.31. The van der Waals surface area contributed by atoms with Crippen LogP contribution in [0.1, 0.15) is 11.3 Å². The van der Waals surface area contributed by atoms with Gasteiger partial charge in [0.1, 0.15) is 0 Å². The molecule has 8 nitrogen and oxygen atoms in total. The van der Waals surface area contributed by atoms with Crippen molar-refractivity contribution in [2.45, 2.75) is 23.3 Å². The molecule has 1 heterocycles. The summed E-state index contributed by atoms with van der Waals surface area (Å²) in [5.41, 5.74) is 1.44. The molecular formula is C11H14N4O4S2. The van der Waals surface area contributed by atoms with E-state index in [2.05, 4.69) is 14.9 Å². The molecule has 1 aromatic carbocycles. The van der Waals surface area contributed by atoms with Crippen LogP contribution in [0.2, 0.25) is 0 Å². The number of aromatic nitrogens is 2. The molecule has 114 valence electrons. The van der Waals surface area contributed by atoms with Gasteiger partial charge in [0.2, 0.25) is 20.0 Å². The van der Waals surface area contributed by atoms with Crippen molar-refractivity contribution >= 4 is 20.0 Å². The van der Waals surface area contributed by atoms with Crippen LogP contribution in [0, 0.1) is 6.92 Å². The molecule has 2 rings (SSSR count). The molecule has 0 bridgehead atoms. The summed E-state index contributed by atoms with van der Waals surface area (Å²) >= 11 is 0. The zero-order valence-electron chi connectivity index (χ0n) is 11.1. The highest BCUT2D eigenvalue weighted by Gasteiger charge is 2.17. The third kappa shape index (κ3) is 3.67. The molecule has 2 aromatic rings. The maximum atomic E-state index is 12.1. The molecule has 0 fully saturated rings. The summed E-state index contributed by atoms with van der Waals surface area (Å²) in [6.45, 7) is 1.81. The zero-order chi connectivity index (χ0) is 15.7. The third-order valence-corrected chi connectivity index (χ3v) is 5.14. The Morgan fingerprint density at radius 2 is 1.90 bits per heavy atom. The molecule has 0 amide bonds. The van der Waals surface area contributed by atoms with Crippen LogP contribution in [-0.4, -0.2) is 27.0 Å². The lowest BCUT2D eigenvalue weighted by molar-refractivity contribution is 0.581. The molecule has 0 saturated heterocycles. The average molecular weight is 330 g/mol. The van der Waals surface area contributed by atoms with Gasteiger partial charge < -0.3 is 0 Å². The molecule has 10 heteroatoms. The Kier molecular flexibility index (Phi) is 4.14. The van der Waals surface area contributed by atoms with E-state index < -0.39 is 20.0 Å². The minimum Gasteiger partial charge on any atom is -0.283 e. The number of aromatic amines is 1. The highest BCUT2D eigenvalue weighted by atomic mass is 32.2. The molecular weight excluding hydrogens is 316 g/mol. The van der Waals surface area contributed by atoms with E-state index in [-0.39, 0.29) is 16.3 Å². The van der Waals surface area contributed by atoms with Crippen molar-refractivity contribution < 1.29 is 16.8 Å². The molecule has 0 atom stereocenters. The van der Waals surface area contributed by atoms with Gasteiger partial charge in [-0.05, 0) is 25.1 Å². The Hall–Kier alpha value is -1.75. The van der Waals surface area contributed by atoms with Gasteiger partial charge in [0.05, 0.1) is 16.0 Å². The summed E-state index contributed by atoms with van der Waals surface area (Å²) in [4.78, 5) is -0.431. The molecule has 0 spiro atoms. The second kappa shape index (κ2) is 5.56. The van der Waals surface area contributed by atoms with Crippen LogP contribution in [-0.2, 0) is 26.6 Å². The van der Waals surface area contributed by atoms with Crippen LogP contribution in [0.25, 0.3) is 0 Å². The fourth-order valence-electron chi connectivity index (χ4n) is 1.63. The molecule has 0 aliphatic carbocycles. The van der Waals surface area contributed by atoms with Crippen molar-refractivity contribution in [3.63, 3.8) is 0 Å². The molecule has 1 aromatic heterocycles. The van der Waals surface area contributed by atoms with Gasteiger partial charge in [-0.3, -0.25) is 5.10 Å². The Morgan fingerprint density at radius 3 is 2.48 bits per heavy atom. The molecule has 0 radical (unpaired) electrons. The topological polar surface area (TPSA) is 135 Å². The van der Waals surface area contributed by atoms with Crippen LogP contribution in [0.4, 0.5) is 0 Å². The van der Waals surface area contributed by atoms with Crippen molar-refractivity contribution in [1.82, 2.24) is 14.9 Å². The van der Waals surface area contributed by atoms with Gasteiger partial charge >= 0.3 is 0 Å². The molecule has 0 saturated carbocycles. The number of nitrogens with one attached hydrogen (secondary N) is 2. The lowest BCUT2D eigenvalue weighted by Gasteiger charge is -2.07. The number of primary sulfonamides is 1. The zero-order valence-corrected chi connectivity index (χ0v) is 12.7. The number of nitrogens with two attached hydrogens (primary N) is 1. The van der Waals surface area contributed by atoms with E-state index in [0.717, 1.165) is 11.8 Å². The predicted molar refractivity (Wildman–Crippen MR) is 75.2 cm³/mol. The van der Waals surface area contributed by atoms with Gasteiger partial charge in [0.15, 0.2) is 0 Å². The monoisotopic (exact) mass is 330 g/mol. The van der Waals surface area contributed by atoms with Gasteiger partial charge in [-0.15, -0.1) is 0 Å². The smallest absolute Gasteiger partial charge is 0.240 e. The minimum absolute atomic E-state index is 0.0459. The lowest BCUT2D eigenvalue weighted by Crippen LogP contribution is -2.24. The number of sulfonamides is 2. The van der Waals surface area contributed by atoms with Crippen molar-refractivity contribution in [1.29, 1.82) is 0 Å². The summed E-state index contributed by atoms with van der Waals surface area (Å²) < 4.78 is 49.2. The maximum absolute atomic E-state index is 12.1. The highest BCUT2D eigenvalue weighted by Crippen LogP contribution is 2.15. The summed E-state index contributed by atoms with van der Waals surface area (Å²) in [5.74, 6) is 0. The predicted octanol–water partition coefficient (Wildman–Crippen LogP) is -0.156. The van der Waals surface area contributed by atoms with Crippen molar-refractivity contribution in [2.75, 3.05) is 0 Å². The Labute approximate surface area is 122 Å². The number of benzene rings is 1. The van der Waals surface area contributed by atoms with Crippen molar-refractivity contribution in [2.24, 2.45) is 5.14 Å². The van der Waals surface area contributed by atoms with Crippen LogP contribution >= 0.6 is 0 Å². The Morgan fingerprint density at radius 1 is 1.24 bits per heavy atom. The minimum atomic E-state index is -3.96. The summed E-state index contributed by atoms with van der Waals surface area (Å²) in [7, 11) is -7.81. The van der Waals surface area contributed by atoms with E-state index in [1.165, 1.54) is 24.4 Å². The number of nitrogens with zero attached hydrogens (tertiary/aromatic N) is 1. The van der Waals surface area contributed by atoms with Gasteiger partial charge in [-0.25, -0.2) is 26.7 Å². The second-order valence-corrected chi connectivity index (χ2v) is 7.69. The first kappa shape index (κ1) is 15.6. The first-order chi connectivity index (χ1) is 9.70. The van der Waals surface area contributed by atoms with Crippen LogP contribution < -0.4 is 9.86 Å². The fraction of sp³-hybridized carbons (Fsp3) is 0.182. The van der Waals surface area contributed by atoms with E-state index in [1.807, 2.05) is 0 Å². The lowest BCUT2D eigenvalue weighted by atomic mass is 10.3. The van der Waals surface area contributed by atoms with Gasteiger partial charge in [-0.2, -0.15) is 5.10 Å². The molecule has 21 heavy (non-hydrogen) atoms. The first-order valence-corrected chi connectivity index (χ1v) is 8.84. The number of hydrogen-bond donors (Lipinski definition) is 3. The van der Waals surface area contributed by atoms with E-state index in [9.17, 15) is 16.8 Å². The summed E-state index contributed by atoms with van der Waals surface area (Å²) in [6, 6.07) is 4.85. The summed E-state index contributed by atoms with van der Waals surface area (Å²) in [6.07, 6.45) is 1.51. The van der Waals surface area contributed by atoms with Crippen molar-refractivity contribution in [3.8, 4) is 0 Å². The average Bonchev–Trinajstić information content (AvgIpc) is 2.81. The Balaban J connectivity index is 2.26. The van der Waals surface area contributed by atoms with E-state index in [1.54, 1.807) is 6.92 Å². The van der Waals surface area contributed by atoms with Gasteiger partial charge in [0, 0.05) is 17.8 Å². The third-order valence-electron chi connectivity index (χ3n) is 2.83. The Bertz CT molecular complexity index is 856. The van der Waals surface area contributed by atoms with Crippen LogP contribution in [0.5, 0.6) is 0 Å². The summed E-state index contributed by atoms with van der Waals surface area (Å²) in [5, 5.41) is 11.5. The van der Waals surface area contributed by atoms with Crippen LogP contribution in [0.3, 0.4) is 0 Å². The number of rotatable bonds is 5. The molecule has 0 aliphatic rings. The van der Waals surface area contributed by atoms with E-state index in [4.69, 9.17) is 5.14 Å². The second-order valence-electron chi connectivity index (χ2n) is 4.36. The maximum Gasteiger partial charge on any atom is 0.240 e. The quantitative estimate of drug-likeness (QED) is 0.700. The molecule has 0 aliphatic heterocycles. The largest absolute Gasteiger partial charge is 0.283 e. The molecule has 0 unspecified atom stereocenters. The van der Waals surface area contributed by atoms with Gasteiger partial charge in [-0.1, -0.05) is 6.07 Å². The standard InChI is InChI=1S/C11H14N4O4S2/c1-8-9(6-13-15-8)7-14-21(18,19)11-4-2-3-10(5-11)20(12,16)17/h2-6,14H,7H2,1H3,(H,13,15)(H2,12,16,17).